The van der Waals surface area contributed by atoms with Crippen LogP contribution in [0.25, 0.3) is 0 Å². The van der Waals surface area contributed by atoms with Crippen molar-refractivity contribution in [3.63, 3.8) is 0 Å². The Balaban J connectivity index is 1.75. The third-order valence-corrected chi connectivity index (χ3v) is 6.17. The lowest BCUT2D eigenvalue weighted by Gasteiger charge is -2.33. The van der Waals surface area contributed by atoms with Crippen LogP contribution in [-0.4, -0.2) is 84.0 Å². The summed E-state index contributed by atoms with van der Waals surface area (Å²) < 4.78 is 16.6. The minimum absolute atomic E-state index is 0.0188. The summed E-state index contributed by atoms with van der Waals surface area (Å²) in [6.07, 6.45) is 3.97. The molecule has 0 spiro atoms. The van der Waals surface area contributed by atoms with Crippen LogP contribution in [0.1, 0.15) is 37.8 Å². The van der Waals surface area contributed by atoms with Crippen LogP contribution in [0.15, 0.2) is 54.9 Å². The number of nitrogens with two attached hydrogens (primary N) is 1. The van der Waals surface area contributed by atoms with E-state index in [-0.39, 0.29) is 32.3 Å². The first-order valence-electron chi connectivity index (χ1n) is 13.4. The van der Waals surface area contributed by atoms with Crippen molar-refractivity contribution >= 4 is 18.0 Å². The highest BCUT2D eigenvalue weighted by molar-refractivity contribution is 5.98. The molecular weight excluding hydrogens is 502 g/mol. The number of hydrogen-bond donors (Lipinski definition) is 2. The van der Waals surface area contributed by atoms with Crippen LogP contribution in [0, 0.1) is 0 Å². The fourth-order valence-electron chi connectivity index (χ4n) is 4.01. The van der Waals surface area contributed by atoms with Gasteiger partial charge in [-0.1, -0.05) is 36.4 Å². The fourth-order valence-corrected chi connectivity index (χ4v) is 4.01. The second-order valence-electron chi connectivity index (χ2n) is 9.10. The van der Waals surface area contributed by atoms with E-state index in [9.17, 15) is 14.4 Å². The van der Waals surface area contributed by atoms with Crippen molar-refractivity contribution < 1.29 is 28.6 Å². The number of nitrogens with zero attached hydrogens (tertiary/aromatic N) is 3. The Labute approximate surface area is 229 Å². The second-order valence-corrected chi connectivity index (χ2v) is 9.10. The summed E-state index contributed by atoms with van der Waals surface area (Å²) in [6, 6.07) is 11.2. The van der Waals surface area contributed by atoms with Crippen LogP contribution in [-0.2, 0) is 32.0 Å². The highest BCUT2D eigenvalue weighted by Gasteiger charge is 2.40. The fraction of sp³-hybridized carbons (Fsp3) is 0.500. The molecule has 1 aliphatic carbocycles. The average molecular weight is 542 g/mol. The number of rotatable bonds is 15. The zero-order valence-electron chi connectivity index (χ0n) is 22.7. The molecule has 0 radical (unpaired) electrons. The van der Waals surface area contributed by atoms with Crippen molar-refractivity contribution in [3.05, 3.63) is 66.0 Å². The molecule has 0 aliphatic heterocycles. The smallest absolute Gasteiger partial charge is 0.408 e. The Hall–Kier alpha value is -3.54. The van der Waals surface area contributed by atoms with Crippen molar-refractivity contribution in [3.8, 4) is 0 Å². The van der Waals surface area contributed by atoms with E-state index in [1.165, 1.54) is 0 Å². The Morgan fingerprint density at radius 1 is 1.05 bits per heavy atom. The molecule has 2 aromatic rings. The Bertz CT molecular complexity index is 1030. The number of amides is 4. The van der Waals surface area contributed by atoms with Crippen LogP contribution >= 0.6 is 0 Å². The number of aromatic nitrogens is 1. The first-order valence-corrected chi connectivity index (χ1v) is 13.4. The molecule has 0 bridgehead atoms. The highest BCUT2D eigenvalue weighted by atomic mass is 16.7. The van der Waals surface area contributed by atoms with E-state index in [0.717, 1.165) is 28.9 Å². The SMILES string of the molecule is CCOC(CN(C(=O)N(CCc1cccnc1)C(=O)C(CN)NC(=O)OCc1ccccc1)C1CC1)OCC. The van der Waals surface area contributed by atoms with Crippen LogP contribution in [0.3, 0.4) is 0 Å². The summed E-state index contributed by atoms with van der Waals surface area (Å²) in [5.41, 5.74) is 7.55. The summed E-state index contributed by atoms with van der Waals surface area (Å²) in [6.45, 7) is 4.64. The van der Waals surface area contributed by atoms with E-state index < -0.39 is 30.4 Å². The van der Waals surface area contributed by atoms with E-state index in [1.807, 2.05) is 50.2 Å². The molecule has 1 saturated carbocycles. The minimum Gasteiger partial charge on any atom is -0.445 e. The van der Waals surface area contributed by atoms with Gasteiger partial charge < -0.3 is 30.2 Å². The first-order chi connectivity index (χ1) is 19.0. The molecule has 3 rings (SSSR count). The predicted octanol–water partition coefficient (Wildman–Crippen LogP) is 2.69. The van der Waals surface area contributed by atoms with Crippen molar-refractivity contribution in [2.75, 3.05) is 32.8 Å². The number of carbonyl (C=O) groups is 3. The Morgan fingerprint density at radius 3 is 2.33 bits per heavy atom. The Kier molecular flexibility index (Phi) is 12.1. The van der Waals surface area contributed by atoms with Crippen LogP contribution in [0.4, 0.5) is 9.59 Å². The molecule has 11 heteroatoms. The molecule has 39 heavy (non-hydrogen) atoms. The third kappa shape index (κ3) is 9.61. The number of benzene rings is 1. The first kappa shape index (κ1) is 30.0. The molecule has 4 amide bonds. The quantitative estimate of drug-likeness (QED) is 0.329. The molecule has 1 unspecified atom stereocenters. The van der Waals surface area contributed by atoms with Gasteiger partial charge in [-0.05, 0) is 50.3 Å². The number of pyridine rings is 1. The van der Waals surface area contributed by atoms with Crippen LogP contribution < -0.4 is 11.1 Å². The summed E-state index contributed by atoms with van der Waals surface area (Å²) in [4.78, 5) is 46.9. The molecule has 1 atom stereocenters. The van der Waals surface area contributed by atoms with Gasteiger partial charge in [-0.25, -0.2) is 9.59 Å². The van der Waals surface area contributed by atoms with Gasteiger partial charge in [0.15, 0.2) is 6.29 Å². The number of imide groups is 1. The summed E-state index contributed by atoms with van der Waals surface area (Å²) in [7, 11) is 0. The minimum atomic E-state index is -1.15. The molecule has 1 aromatic carbocycles. The van der Waals surface area contributed by atoms with Gasteiger partial charge in [0.05, 0.1) is 6.54 Å². The van der Waals surface area contributed by atoms with E-state index >= 15 is 0 Å². The predicted molar refractivity (Wildman–Crippen MR) is 144 cm³/mol. The monoisotopic (exact) mass is 541 g/mol. The maximum atomic E-state index is 13.9. The summed E-state index contributed by atoms with van der Waals surface area (Å²) >= 11 is 0. The number of ether oxygens (including phenoxy) is 3. The maximum Gasteiger partial charge on any atom is 0.408 e. The lowest BCUT2D eigenvalue weighted by Crippen LogP contribution is -2.58. The topological polar surface area (TPSA) is 136 Å². The van der Waals surface area contributed by atoms with Crippen molar-refractivity contribution in [1.29, 1.82) is 0 Å². The number of hydrogen-bond acceptors (Lipinski definition) is 8. The largest absolute Gasteiger partial charge is 0.445 e. The third-order valence-electron chi connectivity index (χ3n) is 6.17. The highest BCUT2D eigenvalue weighted by Crippen LogP contribution is 2.28. The molecule has 1 aliphatic rings. The molecule has 11 nitrogen and oxygen atoms in total. The number of nitrogens with one attached hydrogen (secondary N) is 1. The van der Waals surface area contributed by atoms with Gasteiger partial charge in [-0.2, -0.15) is 0 Å². The summed E-state index contributed by atoms with van der Waals surface area (Å²) in [5.74, 6) is -0.613. The molecule has 1 fully saturated rings. The zero-order chi connectivity index (χ0) is 28.0. The number of alkyl carbamates (subject to hydrolysis) is 1. The standard InChI is InChI=1S/C28H39N5O6/c1-3-37-25(38-4-2)19-33(23-12-13-23)28(36)32(16-14-21-11-8-15-30-18-21)26(34)24(17-29)31-27(35)39-20-22-9-6-5-7-10-22/h5-11,15,18,23-25H,3-4,12-14,16-17,19-20,29H2,1-2H3,(H,31,35). The maximum absolute atomic E-state index is 13.9. The molecule has 3 N–H and O–H groups in total. The van der Waals surface area contributed by atoms with Gasteiger partial charge >= 0.3 is 12.1 Å². The van der Waals surface area contributed by atoms with Gasteiger partial charge in [-0.15, -0.1) is 0 Å². The molecule has 212 valence electrons. The Morgan fingerprint density at radius 2 is 1.74 bits per heavy atom. The number of carbonyl (C=O) groups excluding carboxylic acids is 3. The van der Waals surface area contributed by atoms with E-state index in [1.54, 1.807) is 23.4 Å². The van der Waals surface area contributed by atoms with Gasteiger partial charge in [0, 0.05) is 44.7 Å². The molecule has 1 aromatic heterocycles. The lowest BCUT2D eigenvalue weighted by atomic mass is 10.2. The van der Waals surface area contributed by atoms with E-state index in [4.69, 9.17) is 19.9 Å². The van der Waals surface area contributed by atoms with Gasteiger partial charge in [-0.3, -0.25) is 14.7 Å². The van der Waals surface area contributed by atoms with Gasteiger partial charge in [0.2, 0.25) is 0 Å². The van der Waals surface area contributed by atoms with E-state index in [0.29, 0.717) is 19.6 Å². The number of urea groups is 1. The van der Waals surface area contributed by atoms with Crippen LogP contribution in [0.2, 0.25) is 0 Å². The van der Waals surface area contributed by atoms with Crippen LogP contribution in [0.5, 0.6) is 0 Å². The zero-order valence-corrected chi connectivity index (χ0v) is 22.7. The van der Waals surface area contributed by atoms with Gasteiger partial charge in [0.1, 0.15) is 12.6 Å². The van der Waals surface area contributed by atoms with Crippen molar-refractivity contribution in [1.82, 2.24) is 20.1 Å². The van der Waals surface area contributed by atoms with Gasteiger partial charge in [0.25, 0.3) is 5.91 Å². The van der Waals surface area contributed by atoms with Crippen molar-refractivity contribution in [2.24, 2.45) is 5.73 Å². The molecule has 0 saturated heterocycles. The second kappa shape index (κ2) is 15.8. The lowest BCUT2D eigenvalue weighted by molar-refractivity contribution is -0.146. The normalized spacial score (nSPS) is 13.5. The molecular formula is C28H39N5O6. The average Bonchev–Trinajstić information content (AvgIpc) is 3.80. The molecule has 1 heterocycles. The summed E-state index contributed by atoms with van der Waals surface area (Å²) in [5, 5.41) is 2.53. The van der Waals surface area contributed by atoms with Crippen molar-refractivity contribution in [2.45, 2.75) is 58.1 Å². The van der Waals surface area contributed by atoms with E-state index in [2.05, 4.69) is 10.3 Å².